The Morgan fingerprint density at radius 3 is 2.81 bits per heavy atom. The molecular weight excluding hydrogens is 226 g/mol. The molecule has 1 aromatic rings. The van der Waals surface area contributed by atoms with Crippen LogP contribution in [-0.2, 0) is 10.0 Å². The van der Waals surface area contributed by atoms with E-state index in [0.29, 0.717) is 0 Å². The van der Waals surface area contributed by atoms with Gasteiger partial charge in [-0.05, 0) is 26.0 Å². The standard InChI is InChI=1S/C10H15N3O2S/c1-8(2)5-7-13-16(14,15)9-4-3-6-12-10(9)11/h3-6,13H,7H2,1-2H3,(H2,11,12). The van der Waals surface area contributed by atoms with Crippen molar-refractivity contribution in [3.05, 3.63) is 30.0 Å². The van der Waals surface area contributed by atoms with Crippen molar-refractivity contribution in [3.63, 3.8) is 0 Å². The van der Waals surface area contributed by atoms with E-state index in [-0.39, 0.29) is 17.3 Å². The Hall–Kier alpha value is -1.40. The first-order valence-electron chi connectivity index (χ1n) is 4.77. The molecule has 1 heterocycles. The van der Waals surface area contributed by atoms with Gasteiger partial charge in [0.25, 0.3) is 0 Å². The molecule has 0 radical (unpaired) electrons. The molecule has 0 spiro atoms. The minimum absolute atomic E-state index is 0.00667. The summed E-state index contributed by atoms with van der Waals surface area (Å²) in [5.41, 5.74) is 6.54. The van der Waals surface area contributed by atoms with Crippen LogP contribution in [0.5, 0.6) is 0 Å². The Labute approximate surface area is 95.4 Å². The Kier molecular flexibility index (Phi) is 4.03. The number of aromatic nitrogens is 1. The van der Waals surface area contributed by atoms with Gasteiger partial charge >= 0.3 is 0 Å². The summed E-state index contributed by atoms with van der Waals surface area (Å²) in [6, 6.07) is 2.96. The number of allylic oxidation sites excluding steroid dienone is 1. The molecule has 0 unspecified atom stereocenters. The predicted molar refractivity (Wildman–Crippen MR) is 63.3 cm³/mol. The minimum Gasteiger partial charge on any atom is -0.383 e. The van der Waals surface area contributed by atoms with Gasteiger partial charge in [-0.25, -0.2) is 18.1 Å². The minimum atomic E-state index is -3.57. The molecule has 0 atom stereocenters. The fourth-order valence-corrected chi connectivity index (χ4v) is 2.11. The lowest BCUT2D eigenvalue weighted by Crippen LogP contribution is -2.25. The van der Waals surface area contributed by atoms with Gasteiger partial charge in [0.2, 0.25) is 10.0 Å². The van der Waals surface area contributed by atoms with Gasteiger partial charge in [0.05, 0.1) is 0 Å². The van der Waals surface area contributed by atoms with Crippen LogP contribution in [0, 0.1) is 0 Å². The number of sulfonamides is 1. The summed E-state index contributed by atoms with van der Waals surface area (Å²) in [7, 11) is -3.57. The van der Waals surface area contributed by atoms with Gasteiger partial charge in [-0.1, -0.05) is 11.6 Å². The Morgan fingerprint density at radius 2 is 2.25 bits per heavy atom. The van der Waals surface area contributed by atoms with Gasteiger partial charge in [0.1, 0.15) is 10.7 Å². The van der Waals surface area contributed by atoms with Gasteiger partial charge in [0, 0.05) is 12.7 Å². The van der Waals surface area contributed by atoms with Gasteiger partial charge < -0.3 is 5.73 Å². The number of pyridine rings is 1. The van der Waals surface area contributed by atoms with E-state index in [1.807, 2.05) is 13.8 Å². The molecule has 0 amide bonds. The highest BCUT2D eigenvalue weighted by Crippen LogP contribution is 2.13. The highest BCUT2D eigenvalue weighted by atomic mass is 32.2. The molecule has 1 rings (SSSR count). The molecule has 6 heteroatoms. The molecule has 0 saturated heterocycles. The zero-order valence-corrected chi connectivity index (χ0v) is 10.1. The Bertz CT molecular complexity index is 491. The monoisotopic (exact) mass is 241 g/mol. The quantitative estimate of drug-likeness (QED) is 0.767. The van der Waals surface area contributed by atoms with E-state index in [9.17, 15) is 8.42 Å². The van der Waals surface area contributed by atoms with Crippen molar-refractivity contribution in [2.24, 2.45) is 0 Å². The average Bonchev–Trinajstić information content (AvgIpc) is 2.17. The third kappa shape index (κ3) is 3.32. The topological polar surface area (TPSA) is 85.1 Å². The van der Waals surface area contributed by atoms with Crippen LogP contribution >= 0.6 is 0 Å². The van der Waals surface area contributed by atoms with Crippen molar-refractivity contribution < 1.29 is 8.42 Å². The Balaban J connectivity index is 2.87. The van der Waals surface area contributed by atoms with Gasteiger partial charge in [-0.15, -0.1) is 0 Å². The van der Waals surface area contributed by atoms with Crippen molar-refractivity contribution >= 4 is 15.8 Å². The maximum atomic E-state index is 11.8. The summed E-state index contributed by atoms with van der Waals surface area (Å²) in [5.74, 6) is 0.00667. The second kappa shape index (κ2) is 5.09. The number of hydrogen-bond donors (Lipinski definition) is 2. The molecule has 0 bridgehead atoms. The molecule has 0 aliphatic heterocycles. The number of nitrogen functional groups attached to an aromatic ring is 1. The molecule has 0 aliphatic rings. The first-order valence-corrected chi connectivity index (χ1v) is 6.25. The van der Waals surface area contributed by atoms with E-state index in [1.165, 1.54) is 18.3 Å². The van der Waals surface area contributed by atoms with Crippen LogP contribution in [0.15, 0.2) is 34.9 Å². The van der Waals surface area contributed by atoms with Crippen LogP contribution in [0.2, 0.25) is 0 Å². The van der Waals surface area contributed by atoms with Gasteiger partial charge in [-0.3, -0.25) is 0 Å². The molecule has 0 aromatic carbocycles. The smallest absolute Gasteiger partial charge is 0.244 e. The van der Waals surface area contributed by atoms with Crippen LogP contribution in [0.1, 0.15) is 13.8 Å². The van der Waals surface area contributed by atoms with E-state index in [2.05, 4.69) is 9.71 Å². The highest BCUT2D eigenvalue weighted by Gasteiger charge is 2.16. The normalized spacial score (nSPS) is 11.1. The number of nitrogens with zero attached hydrogens (tertiary/aromatic N) is 1. The summed E-state index contributed by atoms with van der Waals surface area (Å²) >= 11 is 0. The fraction of sp³-hybridized carbons (Fsp3) is 0.300. The van der Waals surface area contributed by atoms with Crippen molar-refractivity contribution in [1.29, 1.82) is 0 Å². The molecule has 0 fully saturated rings. The SMILES string of the molecule is CC(C)=CCNS(=O)(=O)c1cccnc1N. The zero-order chi connectivity index (χ0) is 12.2. The van der Waals surface area contributed by atoms with Crippen molar-refractivity contribution in [3.8, 4) is 0 Å². The van der Waals surface area contributed by atoms with Crippen LogP contribution < -0.4 is 10.5 Å². The van der Waals surface area contributed by atoms with Gasteiger partial charge in [0.15, 0.2) is 0 Å². The summed E-state index contributed by atoms with van der Waals surface area (Å²) in [6.07, 6.45) is 3.23. The van der Waals surface area contributed by atoms with Gasteiger partial charge in [-0.2, -0.15) is 0 Å². The number of nitrogens with one attached hydrogen (secondary N) is 1. The molecule has 0 saturated carbocycles. The average molecular weight is 241 g/mol. The second-order valence-electron chi connectivity index (χ2n) is 3.52. The number of rotatable bonds is 4. The largest absolute Gasteiger partial charge is 0.383 e. The number of hydrogen-bond acceptors (Lipinski definition) is 4. The first-order chi connectivity index (χ1) is 7.43. The maximum absolute atomic E-state index is 11.8. The van der Waals surface area contributed by atoms with Crippen LogP contribution in [-0.4, -0.2) is 19.9 Å². The summed E-state index contributed by atoms with van der Waals surface area (Å²) in [4.78, 5) is 3.74. The molecular formula is C10H15N3O2S. The molecule has 16 heavy (non-hydrogen) atoms. The highest BCUT2D eigenvalue weighted by molar-refractivity contribution is 7.89. The van der Waals surface area contributed by atoms with Crippen molar-refractivity contribution in [1.82, 2.24) is 9.71 Å². The van der Waals surface area contributed by atoms with E-state index < -0.39 is 10.0 Å². The zero-order valence-electron chi connectivity index (χ0n) is 9.27. The summed E-state index contributed by atoms with van der Waals surface area (Å²) in [5, 5.41) is 0. The predicted octanol–water partition coefficient (Wildman–Crippen LogP) is 0.908. The molecule has 0 aliphatic carbocycles. The van der Waals surface area contributed by atoms with E-state index in [0.717, 1.165) is 5.57 Å². The number of anilines is 1. The first kappa shape index (κ1) is 12.7. The molecule has 1 aromatic heterocycles. The number of nitrogens with two attached hydrogens (primary N) is 1. The third-order valence-corrected chi connectivity index (χ3v) is 3.34. The molecule has 88 valence electrons. The van der Waals surface area contributed by atoms with Crippen molar-refractivity contribution in [2.45, 2.75) is 18.7 Å². The van der Waals surface area contributed by atoms with E-state index >= 15 is 0 Å². The second-order valence-corrected chi connectivity index (χ2v) is 5.26. The third-order valence-electron chi connectivity index (χ3n) is 1.87. The Morgan fingerprint density at radius 1 is 1.56 bits per heavy atom. The molecule has 3 N–H and O–H groups in total. The molecule has 5 nitrogen and oxygen atoms in total. The summed E-state index contributed by atoms with van der Waals surface area (Å²) in [6.45, 7) is 4.04. The maximum Gasteiger partial charge on any atom is 0.244 e. The lowest BCUT2D eigenvalue weighted by molar-refractivity contribution is 0.585. The lowest BCUT2D eigenvalue weighted by atomic mass is 10.3. The van der Waals surface area contributed by atoms with Crippen LogP contribution in [0.25, 0.3) is 0 Å². The van der Waals surface area contributed by atoms with Crippen LogP contribution in [0.4, 0.5) is 5.82 Å². The van der Waals surface area contributed by atoms with Crippen LogP contribution in [0.3, 0.4) is 0 Å². The van der Waals surface area contributed by atoms with E-state index in [4.69, 9.17) is 5.73 Å². The summed E-state index contributed by atoms with van der Waals surface area (Å²) < 4.78 is 26.0. The lowest BCUT2D eigenvalue weighted by Gasteiger charge is -2.06. The van der Waals surface area contributed by atoms with E-state index in [1.54, 1.807) is 6.08 Å². The fourth-order valence-electron chi connectivity index (χ4n) is 1.06. The van der Waals surface area contributed by atoms with Crippen molar-refractivity contribution in [2.75, 3.05) is 12.3 Å².